The van der Waals surface area contributed by atoms with Crippen LogP contribution < -0.4 is 4.74 Å². The fourth-order valence-corrected chi connectivity index (χ4v) is 3.06. The predicted octanol–water partition coefficient (Wildman–Crippen LogP) is 3.89. The summed E-state index contributed by atoms with van der Waals surface area (Å²) in [5, 5.41) is 18.6. The maximum absolute atomic E-state index is 10.1. The van der Waals surface area contributed by atoms with Gasteiger partial charge in [-0.15, -0.1) is 10.2 Å². The van der Waals surface area contributed by atoms with Crippen LogP contribution in [-0.4, -0.2) is 33.8 Å². The highest BCUT2D eigenvalue weighted by Crippen LogP contribution is 2.23. The second-order valence-electron chi connectivity index (χ2n) is 5.84. The Bertz CT molecular complexity index is 800. The van der Waals surface area contributed by atoms with Crippen molar-refractivity contribution in [3.63, 3.8) is 0 Å². The van der Waals surface area contributed by atoms with Gasteiger partial charge in [0.1, 0.15) is 12.4 Å². The Morgan fingerprint density at radius 3 is 2.52 bits per heavy atom. The van der Waals surface area contributed by atoms with Gasteiger partial charge in [0.25, 0.3) is 5.22 Å². The Morgan fingerprint density at radius 2 is 1.80 bits per heavy atom. The lowest BCUT2D eigenvalue weighted by atomic mass is 10.1. The number of thioether (sulfide) groups is 1. The van der Waals surface area contributed by atoms with E-state index in [9.17, 15) is 5.11 Å². The molecule has 0 bridgehead atoms. The van der Waals surface area contributed by atoms with Crippen LogP contribution in [0.1, 0.15) is 11.1 Å². The largest absolute Gasteiger partial charge is 0.491 e. The normalized spacial score (nSPS) is 12.1. The lowest BCUT2D eigenvalue weighted by Crippen LogP contribution is -2.20. The zero-order valence-electron chi connectivity index (χ0n) is 14.2. The minimum absolute atomic E-state index is 0.218. The molecule has 1 aromatic heterocycles. The highest BCUT2D eigenvalue weighted by Gasteiger charge is 2.12. The van der Waals surface area contributed by atoms with Gasteiger partial charge >= 0.3 is 0 Å². The molecule has 0 aliphatic rings. The van der Waals surface area contributed by atoms with Gasteiger partial charge in [-0.1, -0.05) is 36.0 Å². The molecule has 0 unspecified atom stereocenters. The first kappa shape index (κ1) is 17.5. The number of hydrogen-bond donors (Lipinski definition) is 1. The van der Waals surface area contributed by atoms with E-state index >= 15 is 0 Å². The molecule has 2 aromatic carbocycles. The third-order valence-corrected chi connectivity index (χ3v) is 4.43. The van der Waals surface area contributed by atoms with Gasteiger partial charge in [-0.25, -0.2) is 0 Å². The molecule has 0 saturated heterocycles. The predicted molar refractivity (Wildman–Crippen MR) is 97.9 cm³/mol. The van der Waals surface area contributed by atoms with Crippen molar-refractivity contribution in [2.75, 3.05) is 12.4 Å². The number of aryl methyl sites for hydroxylation is 2. The Balaban J connectivity index is 1.49. The van der Waals surface area contributed by atoms with E-state index in [0.717, 1.165) is 22.4 Å². The third kappa shape index (κ3) is 5.08. The average molecular weight is 356 g/mol. The topological polar surface area (TPSA) is 68.4 Å². The quantitative estimate of drug-likeness (QED) is 0.648. The summed E-state index contributed by atoms with van der Waals surface area (Å²) in [7, 11) is 0. The highest BCUT2D eigenvalue weighted by atomic mass is 32.2. The molecule has 3 aromatic rings. The zero-order valence-corrected chi connectivity index (χ0v) is 15.0. The molecular formula is C19H20N2O3S. The summed E-state index contributed by atoms with van der Waals surface area (Å²) in [6.07, 6.45) is -0.627. The van der Waals surface area contributed by atoms with Crippen molar-refractivity contribution in [3.8, 4) is 17.2 Å². The standard InChI is InChI=1S/C19H20N2O3S/c1-13-8-14(2)10-17(9-13)23-11-16(22)12-25-19-21-20-18(24-19)15-6-4-3-5-7-15/h3-10,16,22H,11-12H2,1-2H3/t16-/m1/s1. The summed E-state index contributed by atoms with van der Waals surface area (Å²) in [6.45, 7) is 4.26. The first-order valence-electron chi connectivity index (χ1n) is 8.01. The van der Waals surface area contributed by atoms with Crippen molar-refractivity contribution < 1.29 is 14.3 Å². The van der Waals surface area contributed by atoms with Crippen LogP contribution in [0.2, 0.25) is 0 Å². The van der Waals surface area contributed by atoms with Gasteiger partial charge in [0, 0.05) is 11.3 Å². The highest BCUT2D eigenvalue weighted by molar-refractivity contribution is 7.99. The van der Waals surface area contributed by atoms with E-state index in [-0.39, 0.29) is 6.61 Å². The van der Waals surface area contributed by atoms with E-state index in [1.165, 1.54) is 11.8 Å². The lowest BCUT2D eigenvalue weighted by Gasteiger charge is -2.12. The number of benzene rings is 2. The first-order valence-corrected chi connectivity index (χ1v) is 8.99. The summed E-state index contributed by atoms with van der Waals surface area (Å²) < 4.78 is 11.3. The van der Waals surface area contributed by atoms with Crippen molar-refractivity contribution in [1.29, 1.82) is 0 Å². The summed E-state index contributed by atoms with van der Waals surface area (Å²) >= 11 is 1.32. The van der Waals surface area contributed by atoms with Crippen LogP contribution in [-0.2, 0) is 0 Å². The molecule has 0 fully saturated rings. The fourth-order valence-electron chi connectivity index (χ4n) is 2.39. The second-order valence-corrected chi connectivity index (χ2v) is 6.81. The Hall–Kier alpha value is -2.31. The minimum atomic E-state index is -0.627. The molecule has 1 atom stereocenters. The number of ether oxygens (including phenoxy) is 1. The third-order valence-electron chi connectivity index (χ3n) is 3.46. The lowest BCUT2D eigenvalue weighted by molar-refractivity contribution is 0.126. The smallest absolute Gasteiger partial charge is 0.276 e. The molecule has 1 N–H and O–H groups in total. The molecule has 5 nitrogen and oxygen atoms in total. The van der Waals surface area contributed by atoms with E-state index in [0.29, 0.717) is 16.9 Å². The first-order chi connectivity index (χ1) is 12.1. The summed E-state index contributed by atoms with van der Waals surface area (Å²) in [6, 6.07) is 15.6. The average Bonchev–Trinajstić information content (AvgIpc) is 3.07. The molecule has 1 heterocycles. The van der Waals surface area contributed by atoms with Gasteiger partial charge in [-0.3, -0.25) is 0 Å². The molecule has 0 spiro atoms. The second kappa shape index (κ2) is 8.18. The van der Waals surface area contributed by atoms with E-state index in [1.54, 1.807) is 0 Å². The number of hydrogen-bond acceptors (Lipinski definition) is 6. The molecule has 0 radical (unpaired) electrons. The van der Waals surface area contributed by atoms with Gasteiger partial charge in [0.15, 0.2) is 0 Å². The Labute approximate surface area is 151 Å². The zero-order chi connectivity index (χ0) is 17.6. The van der Waals surface area contributed by atoms with Crippen LogP contribution in [0.5, 0.6) is 5.75 Å². The van der Waals surface area contributed by atoms with Crippen LogP contribution in [0, 0.1) is 13.8 Å². The minimum Gasteiger partial charge on any atom is -0.491 e. The number of aromatic nitrogens is 2. The van der Waals surface area contributed by atoms with Gasteiger partial charge in [0.05, 0.1) is 6.10 Å². The van der Waals surface area contributed by atoms with Gasteiger partial charge in [-0.2, -0.15) is 0 Å². The SMILES string of the molecule is Cc1cc(C)cc(OC[C@@H](O)CSc2nnc(-c3ccccc3)o2)c1. The van der Waals surface area contributed by atoms with E-state index in [1.807, 2.05) is 56.3 Å². The molecule has 0 aliphatic heterocycles. The summed E-state index contributed by atoms with van der Waals surface area (Å²) in [5.74, 6) is 1.66. The molecule has 3 rings (SSSR count). The number of nitrogens with zero attached hydrogens (tertiary/aromatic N) is 2. The Morgan fingerprint density at radius 1 is 1.08 bits per heavy atom. The molecule has 0 aliphatic carbocycles. The molecule has 0 saturated carbocycles. The van der Waals surface area contributed by atoms with E-state index in [2.05, 4.69) is 16.3 Å². The van der Waals surface area contributed by atoms with Crippen molar-refractivity contribution in [2.45, 2.75) is 25.2 Å². The number of aliphatic hydroxyl groups excluding tert-OH is 1. The van der Waals surface area contributed by atoms with Crippen molar-refractivity contribution in [3.05, 3.63) is 59.7 Å². The molecule has 25 heavy (non-hydrogen) atoms. The summed E-state index contributed by atoms with van der Waals surface area (Å²) in [5.41, 5.74) is 3.15. The fraction of sp³-hybridized carbons (Fsp3) is 0.263. The van der Waals surface area contributed by atoms with Gasteiger partial charge < -0.3 is 14.3 Å². The van der Waals surface area contributed by atoms with Crippen LogP contribution in [0.25, 0.3) is 11.5 Å². The van der Waals surface area contributed by atoms with E-state index < -0.39 is 6.10 Å². The van der Waals surface area contributed by atoms with Crippen LogP contribution >= 0.6 is 11.8 Å². The van der Waals surface area contributed by atoms with Gasteiger partial charge in [-0.05, 0) is 49.2 Å². The summed E-state index contributed by atoms with van der Waals surface area (Å²) in [4.78, 5) is 0. The number of rotatable bonds is 7. The van der Waals surface area contributed by atoms with Crippen molar-refractivity contribution in [2.24, 2.45) is 0 Å². The molecule has 0 amide bonds. The van der Waals surface area contributed by atoms with Gasteiger partial charge in [0.2, 0.25) is 5.89 Å². The molecule has 130 valence electrons. The van der Waals surface area contributed by atoms with E-state index in [4.69, 9.17) is 9.15 Å². The van der Waals surface area contributed by atoms with Crippen LogP contribution in [0.3, 0.4) is 0 Å². The maximum Gasteiger partial charge on any atom is 0.276 e. The molecule has 6 heteroatoms. The monoisotopic (exact) mass is 356 g/mol. The van der Waals surface area contributed by atoms with Crippen LogP contribution in [0.4, 0.5) is 0 Å². The maximum atomic E-state index is 10.1. The number of aliphatic hydroxyl groups is 1. The molecular weight excluding hydrogens is 336 g/mol. The van der Waals surface area contributed by atoms with Crippen molar-refractivity contribution >= 4 is 11.8 Å². The Kier molecular flexibility index (Phi) is 5.73. The van der Waals surface area contributed by atoms with Crippen molar-refractivity contribution in [1.82, 2.24) is 10.2 Å². The van der Waals surface area contributed by atoms with Crippen LogP contribution in [0.15, 0.2) is 58.2 Å².